The third-order valence-corrected chi connectivity index (χ3v) is 3.89. The quantitative estimate of drug-likeness (QED) is 0.639. The summed E-state index contributed by atoms with van der Waals surface area (Å²) in [5.74, 6) is 1.29. The van der Waals surface area contributed by atoms with Crippen LogP contribution in [-0.4, -0.2) is 19.2 Å². The van der Waals surface area contributed by atoms with Crippen LogP contribution in [0, 0.1) is 5.92 Å². The Kier molecular flexibility index (Phi) is 8.04. The maximum atomic E-state index is 12.2. The minimum Gasteiger partial charge on any atom is -0.493 e. The first-order valence-electron chi connectivity index (χ1n) is 9.14. The van der Waals surface area contributed by atoms with Gasteiger partial charge in [-0.1, -0.05) is 38.1 Å². The zero-order valence-corrected chi connectivity index (χ0v) is 16.2. The summed E-state index contributed by atoms with van der Waals surface area (Å²) in [6.45, 7) is 4.10. The van der Waals surface area contributed by atoms with E-state index in [9.17, 15) is 13.6 Å². The highest BCUT2D eigenvalue weighted by Gasteiger charge is 2.11. The fourth-order valence-corrected chi connectivity index (χ4v) is 2.46. The highest BCUT2D eigenvalue weighted by atomic mass is 19.3. The largest absolute Gasteiger partial charge is 0.493 e. The van der Waals surface area contributed by atoms with Gasteiger partial charge in [0.15, 0.2) is 0 Å². The van der Waals surface area contributed by atoms with Crippen molar-refractivity contribution in [1.29, 1.82) is 0 Å². The molecule has 0 aromatic heterocycles. The van der Waals surface area contributed by atoms with Crippen LogP contribution in [0.3, 0.4) is 0 Å². The molecule has 0 bridgehead atoms. The smallest absolute Gasteiger partial charge is 0.387 e. The maximum Gasteiger partial charge on any atom is 0.387 e. The van der Waals surface area contributed by atoms with Crippen molar-refractivity contribution in [3.63, 3.8) is 0 Å². The second kappa shape index (κ2) is 10.5. The Balaban J connectivity index is 1.82. The van der Waals surface area contributed by atoms with E-state index in [-0.39, 0.29) is 17.8 Å². The molecular weight excluding hydrogens is 366 g/mol. The predicted octanol–water partition coefficient (Wildman–Crippen LogP) is 4.88. The summed E-state index contributed by atoms with van der Waals surface area (Å²) in [4.78, 5) is 12.1. The Morgan fingerprint density at radius 2 is 1.75 bits per heavy atom. The average Bonchev–Trinajstić information content (AvgIpc) is 2.65. The van der Waals surface area contributed by atoms with Gasteiger partial charge in [0.2, 0.25) is 0 Å². The van der Waals surface area contributed by atoms with Crippen molar-refractivity contribution >= 4 is 6.03 Å². The van der Waals surface area contributed by atoms with Gasteiger partial charge in [0.05, 0.1) is 12.6 Å². The van der Waals surface area contributed by atoms with E-state index < -0.39 is 6.61 Å². The molecule has 152 valence electrons. The van der Waals surface area contributed by atoms with Crippen LogP contribution in [0.2, 0.25) is 0 Å². The molecule has 1 unspecified atom stereocenters. The lowest BCUT2D eigenvalue weighted by Gasteiger charge is -2.16. The molecule has 0 radical (unpaired) electrons. The summed E-state index contributed by atoms with van der Waals surface area (Å²) < 4.78 is 34.4. The lowest BCUT2D eigenvalue weighted by Crippen LogP contribution is -2.36. The van der Waals surface area contributed by atoms with Crippen LogP contribution >= 0.6 is 0 Å². The third-order valence-electron chi connectivity index (χ3n) is 3.89. The summed E-state index contributed by atoms with van der Waals surface area (Å²) in [5, 5.41) is 5.61. The van der Waals surface area contributed by atoms with Crippen molar-refractivity contribution in [3.05, 3.63) is 59.7 Å². The molecule has 0 aliphatic heterocycles. The normalized spacial score (nSPS) is 12.0. The molecule has 2 amide bonds. The second-order valence-electron chi connectivity index (χ2n) is 6.85. The van der Waals surface area contributed by atoms with E-state index in [0.717, 1.165) is 16.9 Å². The Morgan fingerprint density at radius 1 is 1.04 bits per heavy atom. The summed E-state index contributed by atoms with van der Waals surface area (Å²) >= 11 is 0. The molecule has 0 spiro atoms. The molecule has 0 saturated heterocycles. The standard InChI is InChI=1S/C21H26F2N2O3/c1-14(2)13-27-19-6-4-5-16(11-19)12-24-21(26)25-15(3)17-7-9-18(10-8-17)28-20(22)23/h4-11,14-15,20H,12-13H2,1-3H3,(H2,24,25,26). The molecule has 2 rings (SSSR count). The van der Waals surface area contributed by atoms with Gasteiger partial charge in [-0.3, -0.25) is 0 Å². The van der Waals surface area contributed by atoms with Gasteiger partial charge in [0.25, 0.3) is 0 Å². The summed E-state index contributed by atoms with van der Waals surface area (Å²) in [5.41, 5.74) is 1.71. The van der Waals surface area contributed by atoms with Crippen LogP contribution in [0.1, 0.15) is 37.9 Å². The molecule has 0 saturated carbocycles. The molecule has 7 heteroatoms. The molecular formula is C21H26F2N2O3. The molecule has 2 aromatic rings. The average molecular weight is 392 g/mol. The SMILES string of the molecule is CC(C)COc1cccc(CNC(=O)NC(C)c2ccc(OC(F)F)cc2)c1. The fraction of sp³-hybridized carbons (Fsp3) is 0.381. The van der Waals surface area contributed by atoms with Crippen LogP contribution in [0.15, 0.2) is 48.5 Å². The number of ether oxygens (including phenoxy) is 2. The molecule has 0 aliphatic carbocycles. The minimum absolute atomic E-state index is 0.0787. The summed E-state index contributed by atoms with van der Waals surface area (Å²) in [6, 6.07) is 13.1. The number of benzene rings is 2. The first kappa shape index (κ1) is 21.5. The van der Waals surface area contributed by atoms with Crippen molar-refractivity contribution in [2.45, 2.75) is 40.0 Å². The van der Waals surface area contributed by atoms with E-state index in [1.54, 1.807) is 12.1 Å². The van der Waals surface area contributed by atoms with Gasteiger partial charge in [-0.15, -0.1) is 0 Å². The number of hydrogen-bond donors (Lipinski definition) is 2. The molecule has 2 aromatic carbocycles. The van der Waals surface area contributed by atoms with Gasteiger partial charge in [0, 0.05) is 6.54 Å². The molecule has 1 atom stereocenters. The minimum atomic E-state index is -2.86. The molecule has 28 heavy (non-hydrogen) atoms. The van der Waals surface area contributed by atoms with Gasteiger partial charge in [-0.05, 0) is 48.2 Å². The van der Waals surface area contributed by atoms with Crippen molar-refractivity contribution in [2.75, 3.05) is 6.61 Å². The van der Waals surface area contributed by atoms with E-state index in [4.69, 9.17) is 4.74 Å². The van der Waals surface area contributed by atoms with Crippen molar-refractivity contribution in [2.24, 2.45) is 5.92 Å². The van der Waals surface area contributed by atoms with Crippen molar-refractivity contribution in [1.82, 2.24) is 10.6 Å². The van der Waals surface area contributed by atoms with E-state index in [1.807, 2.05) is 31.2 Å². The number of hydrogen-bond acceptors (Lipinski definition) is 3. The Labute approximate surface area is 164 Å². The molecule has 0 fully saturated rings. The van der Waals surface area contributed by atoms with E-state index in [0.29, 0.717) is 19.1 Å². The number of alkyl halides is 2. The predicted molar refractivity (Wildman–Crippen MR) is 104 cm³/mol. The number of carbonyl (C=O) groups excluding carboxylic acids is 1. The first-order valence-corrected chi connectivity index (χ1v) is 9.14. The highest BCUT2D eigenvalue weighted by Crippen LogP contribution is 2.19. The number of nitrogens with one attached hydrogen (secondary N) is 2. The van der Waals surface area contributed by atoms with Gasteiger partial charge >= 0.3 is 12.6 Å². The Bertz CT molecular complexity index is 752. The van der Waals surface area contributed by atoms with Crippen molar-refractivity contribution < 1.29 is 23.0 Å². The zero-order valence-electron chi connectivity index (χ0n) is 16.2. The van der Waals surface area contributed by atoms with Crippen LogP contribution in [0.5, 0.6) is 11.5 Å². The molecule has 0 heterocycles. The lowest BCUT2D eigenvalue weighted by molar-refractivity contribution is -0.0498. The number of carbonyl (C=O) groups is 1. The van der Waals surface area contributed by atoms with Crippen LogP contribution in [0.4, 0.5) is 13.6 Å². The zero-order chi connectivity index (χ0) is 20.5. The summed E-state index contributed by atoms with van der Waals surface area (Å²) in [7, 11) is 0. The Morgan fingerprint density at radius 3 is 2.39 bits per heavy atom. The van der Waals surface area contributed by atoms with Gasteiger partial charge in [-0.2, -0.15) is 8.78 Å². The Hall–Kier alpha value is -2.83. The van der Waals surface area contributed by atoms with Crippen LogP contribution in [-0.2, 0) is 6.54 Å². The van der Waals surface area contributed by atoms with Crippen LogP contribution in [0.25, 0.3) is 0 Å². The molecule has 5 nitrogen and oxygen atoms in total. The number of urea groups is 1. The number of halogens is 2. The lowest BCUT2D eigenvalue weighted by atomic mass is 10.1. The van der Waals surface area contributed by atoms with Gasteiger partial charge in [0.1, 0.15) is 11.5 Å². The monoisotopic (exact) mass is 392 g/mol. The second-order valence-corrected chi connectivity index (χ2v) is 6.85. The van der Waals surface area contributed by atoms with E-state index in [1.165, 1.54) is 12.1 Å². The number of rotatable bonds is 9. The highest BCUT2D eigenvalue weighted by molar-refractivity contribution is 5.74. The third kappa shape index (κ3) is 7.42. The fourth-order valence-electron chi connectivity index (χ4n) is 2.46. The van der Waals surface area contributed by atoms with E-state index in [2.05, 4.69) is 29.2 Å². The van der Waals surface area contributed by atoms with Gasteiger partial charge in [-0.25, -0.2) is 4.79 Å². The van der Waals surface area contributed by atoms with Crippen molar-refractivity contribution in [3.8, 4) is 11.5 Å². The molecule has 0 aliphatic rings. The molecule has 2 N–H and O–H groups in total. The number of amides is 2. The summed E-state index contributed by atoms with van der Waals surface area (Å²) in [6.07, 6.45) is 0. The van der Waals surface area contributed by atoms with Crippen LogP contribution < -0.4 is 20.1 Å². The first-order chi connectivity index (χ1) is 13.3. The van der Waals surface area contributed by atoms with Gasteiger partial charge < -0.3 is 20.1 Å². The van der Waals surface area contributed by atoms with E-state index >= 15 is 0 Å². The topological polar surface area (TPSA) is 59.6 Å². The maximum absolute atomic E-state index is 12.2.